The number of ether oxygens (including phenoxy) is 2. The molecule has 0 saturated carbocycles. The molecule has 172 valence electrons. The number of carbonyl (C=O) groups is 2. The van der Waals surface area contributed by atoms with Crippen LogP contribution in [0.25, 0.3) is 0 Å². The number of rotatable bonds is 8. The Morgan fingerprint density at radius 2 is 1.88 bits per heavy atom. The highest BCUT2D eigenvalue weighted by molar-refractivity contribution is 7.89. The van der Waals surface area contributed by atoms with Crippen LogP contribution in [0, 0.1) is 0 Å². The van der Waals surface area contributed by atoms with E-state index in [1.54, 1.807) is 24.3 Å². The van der Waals surface area contributed by atoms with Crippen LogP contribution in [-0.4, -0.2) is 64.5 Å². The first kappa shape index (κ1) is 24.0. The maximum atomic E-state index is 12.9. The zero-order valence-corrected chi connectivity index (χ0v) is 19.0. The molecule has 2 N–H and O–H groups in total. The van der Waals surface area contributed by atoms with Gasteiger partial charge in [-0.2, -0.15) is 4.31 Å². The van der Waals surface area contributed by atoms with E-state index < -0.39 is 15.9 Å². The Morgan fingerprint density at radius 1 is 1.16 bits per heavy atom. The Balaban J connectivity index is 1.64. The molecule has 2 aromatic carbocycles. The molecule has 1 saturated heterocycles. The van der Waals surface area contributed by atoms with Crippen molar-refractivity contribution in [1.29, 1.82) is 0 Å². The van der Waals surface area contributed by atoms with Gasteiger partial charge in [0.2, 0.25) is 15.9 Å². The lowest BCUT2D eigenvalue weighted by Crippen LogP contribution is -2.40. The summed E-state index contributed by atoms with van der Waals surface area (Å²) in [5.41, 5.74) is 0.543. The van der Waals surface area contributed by atoms with Gasteiger partial charge in [0.25, 0.3) is 5.91 Å². The first-order valence-corrected chi connectivity index (χ1v) is 11.7. The van der Waals surface area contributed by atoms with Gasteiger partial charge in [-0.25, -0.2) is 8.42 Å². The third-order valence-corrected chi connectivity index (χ3v) is 7.03. The number of halogens is 1. The quantitative estimate of drug-likeness (QED) is 0.597. The highest BCUT2D eigenvalue weighted by Gasteiger charge is 2.27. The zero-order valence-electron chi connectivity index (χ0n) is 17.5. The number of nitrogens with one attached hydrogen (secondary N) is 2. The van der Waals surface area contributed by atoms with Crippen molar-refractivity contribution in [2.24, 2.45) is 0 Å². The normalized spacial score (nSPS) is 14.6. The fourth-order valence-electron chi connectivity index (χ4n) is 3.12. The van der Waals surface area contributed by atoms with Gasteiger partial charge in [-0.1, -0.05) is 23.7 Å². The molecule has 0 radical (unpaired) electrons. The second-order valence-corrected chi connectivity index (χ2v) is 9.26. The molecule has 1 aliphatic rings. The molecule has 0 aliphatic carbocycles. The molecular formula is C21H24ClN3O6S. The number of sulfonamides is 1. The minimum atomic E-state index is -3.73. The van der Waals surface area contributed by atoms with E-state index in [4.69, 9.17) is 21.1 Å². The molecule has 1 aliphatic heterocycles. The molecule has 1 heterocycles. The molecule has 11 heteroatoms. The number of hydrogen-bond acceptors (Lipinski definition) is 6. The Labute approximate surface area is 191 Å². The van der Waals surface area contributed by atoms with E-state index in [9.17, 15) is 18.0 Å². The van der Waals surface area contributed by atoms with Crippen molar-refractivity contribution in [3.8, 4) is 5.75 Å². The summed E-state index contributed by atoms with van der Waals surface area (Å²) in [7, 11) is -2.31. The lowest BCUT2D eigenvalue weighted by molar-refractivity contribution is -0.116. The van der Waals surface area contributed by atoms with Gasteiger partial charge in [0.05, 0.1) is 41.5 Å². The third-order valence-electron chi connectivity index (χ3n) is 4.81. The molecule has 2 aromatic rings. The van der Waals surface area contributed by atoms with Crippen molar-refractivity contribution in [1.82, 2.24) is 9.62 Å². The Kier molecular flexibility index (Phi) is 8.08. The van der Waals surface area contributed by atoms with Gasteiger partial charge in [0.1, 0.15) is 5.75 Å². The number of anilines is 1. The van der Waals surface area contributed by atoms with Crippen LogP contribution in [0.3, 0.4) is 0 Å². The van der Waals surface area contributed by atoms with Crippen LogP contribution >= 0.6 is 11.6 Å². The lowest BCUT2D eigenvalue weighted by Gasteiger charge is -2.26. The van der Waals surface area contributed by atoms with Crippen LogP contribution in [0.2, 0.25) is 5.02 Å². The van der Waals surface area contributed by atoms with Crippen molar-refractivity contribution < 1.29 is 27.5 Å². The minimum Gasteiger partial charge on any atom is -0.495 e. The summed E-state index contributed by atoms with van der Waals surface area (Å²) >= 11 is 6.00. The number of morpholine rings is 1. The van der Waals surface area contributed by atoms with Crippen molar-refractivity contribution in [2.75, 3.05) is 45.3 Å². The van der Waals surface area contributed by atoms with E-state index in [0.29, 0.717) is 29.5 Å². The molecule has 0 spiro atoms. The summed E-state index contributed by atoms with van der Waals surface area (Å²) in [6.07, 6.45) is -0.0280. The van der Waals surface area contributed by atoms with Crippen molar-refractivity contribution in [3.05, 3.63) is 53.1 Å². The van der Waals surface area contributed by atoms with E-state index in [1.807, 2.05) is 0 Å². The van der Waals surface area contributed by atoms with Crippen LogP contribution in [0.5, 0.6) is 5.75 Å². The maximum Gasteiger partial charge on any atom is 0.252 e. The first-order chi connectivity index (χ1) is 15.3. The van der Waals surface area contributed by atoms with Gasteiger partial charge in [-0.3, -0.25) is 9.59 Å². The topological polar surface area (TPSA) is 114 Å². The summed E-state index contributed by atoms with van der Waals surface area (Å²) in [6, 6.07) is 10.9. The molecule has 1 fully saturated rings. The van der Waals surface area contributed by atoms with E-state index in [2.05, 4.69) is 10.6 Å². The zero-order chi connectivity index (χ0) is 23.1. The smallest absolute Gasteiger partial charge is 0.252 e. The predicted octanol–water partition coefficient (Wildman–Crippen LogP) is 2.13. The number of amides is 2. The van der Waals surface area contributed by atoms with E-state index in [-0.39, 0.29) is 42.5 Å². The van der Waals surface area contributed by atoms with Crippen LogP contribution in [0.1, 0.15) is 16.8 Å². The van der Waals surface area contributed by atoms with Crippen LogP contribution < -0.4 is 15.4 Å². The largest absolute Gasteiger partial charge is 0.495 e. The Morgan fingerprint density at radius 3 is 2.56 bits per heavy atom. The summed E-state index contributed by atoms with van der Waals surface area (Å²) in [4.78, 5) is 24.6. The fourth-order valence-corrected chi connectivity index (χ4v) is 4.78. The lowest BCUT2D eigenvalue weighted by atomic mass is 10.2. The molecule has 0 unspecified atom stereocenters. The first-order valence-electron chi connectivity index (χ1n) is 9.91. The van der Waals surface area contributed by atoms with Crippen molar-refractivity contribution in [2.45, 2.75) is 11.3 Å². The summed E-state index contributed by atoms with van der Waals surface area (Å²) in [6.45, 7) is 1.27. The van der Waals surface area contributed by atoms with Gasteiger partial charge < -0.3 is 20.1 Å². The van der Waals surface area contributed by atoms with Gasteiger partial charge in [0, 0.05) is 26.1 Å². The maximum absolute atomic E-state index is 12.9. The number of methoxy groups -OCH3 is 1. The number of nitrogens with zero attached hydrogens (tertiary/aromatic N) is 1. The Hall–Kier alpha value is -2.66. The second kappa shape index (κ2) is 10.8. The summed E-state index contributed by atoms with van der Waals surface area (Å²) in [5.74, 6) is -0.484. The summed E-state index contributed by atoms with van der Waals surface area (Å²) < 4.78 is 37.6. The highest BCUT2D eigenvalue weighted by Crippen LogP contribution is 2.29. The molecule has 0 atom stereocenters. The van der Waals surface area contributed by atoms with Crippen LogP contribution in [-0.2, 0) is 19.6 Å². The van der Waals surface area contributed by atoms with Gasteiger partial charge in [0.15, 0.2) is 0 Å². The second-order valence-electron chi connectivity index (χ2n) is 6.91. The predicted molar refractivity (Wildman–Crippen MR) is 120 cm³/mol. The molecule has 3 rings (SSSR count). The fraction of sp³-hybridized carbons (Fsp3) is 0.333. The number of carbonyl (C=O) groups excluding carboxylic acids is 2. The van der Waals surface area contributed by atoms with E-state index >= 15 is 0 Å². The molecule has 2 amide bonds. The molecule has 0 bridgehead atoms. The number of benzene rings is 2. The van der Waals surface area contributed by atoms with E-state index in [1.165, 1.54) is 29.6 Å². The Bertz CT molecular complexity index is 1090. The standard InChI is InChI=1S/C21H24ClN3O6S/c1-30-19-7-6-15(32(28,29)25-10-12-31-13-11-25)14-18(19)24-20(26)8-9-23-21(27)16-4-2-3-5-17(16)22/h2-7,14H,8-13H2,1H3,(H,23,27)(H,24,26). The third kappa shape index (κ3) is 5.77. The van der Waals surface area contributed by atoms with Crippen LogP contribution in [0.15, 0.2) is 47.4 Å². The van der Waals surface area contributed by atoms with E-state index in [0.717, 1.165) is 0 Å². The SMILES string of the molecule is COc1ccc(S(=O)(=O)N2CCOCC2)cc1NC(=O)CCNC(=O)c1ccccc1Cl. The van der Waals surface area contributed by atoms with Crippen molar-refractivity contribution >= 4 is 39.1 Å². The highest BCUT2D eigenvalue weighted by atomic mass is 35.5. The average molecular weight is 482 g/mol. The van der Waals surface area contributed by atoms with Gasteiger partial charge in [-0.05, 0) is 30.3 Å². The molecule has 9 nitrogen and oxygen atoms in total. The van der Waals surface area contributed by atoms with Crippen molar-refractivity contribution in [3.63, 3.8) is 0 Å². The molecule has 0 aromatic heterocycles. The van der Waals surface area contributed by atoms with Gasteiger partial charge >= 0.3 is 0 Å². The number of hydrogen-bond donors (Lipinski definition) is 2. The molecule has 32 heavy (non-hydrogen) atoms. The monoisotopic (exact) mass is 481 g/mol. The summed E-state index contributed by atoms with van der Waals surface area (Å²) in [5, 5.41) is 5.60. The molecular weight excluding hydrogens is 458 g/mol. The van der Waals surface area contributed by atoms with Gasteiger partial charge in [-0.15, -0.1) is 0 Å². The van der Waals surface area contributed by atoms with Crippen LogP contribution in [0.4, 0.5) is 5.69 Å². The minimum absolute atomic E-state index is 0.0280. The average Bonchev–Trinajstić information content (AvgIpc) is 2.79.